The number of hydrogen-bond donors (Lipinski definition) is 1. The molecule has 0 spiro atoms. The Balaban J connectivity index is 1.76. The van der Waals surface area contributed by atoms with Crippen molar-refractivity contribution < 1.29 is 19.1 Å². The lowest BCUT2D eigenvalue weighted by molar-refractivity contribution is -0.153. The number of rotatable bonds is 6. The zero-order valence-electron chi connectivity index (χ0n) is 12.4. The predicted molar refractivity (Wildman–Crippen MR) is 85.4 cm³/mol. The predicted octanol–water partition coefficient (Wildman–Crippen LogP) is 2.68. The highest BCUT2D eigenvalue weighted by molar-refractivity contribution is 6.30. The fraction of sp³-hybridized carbons (Fsp3) is 0.188. The normalized spacial score (nSPS) is 11.4. The topological polar surface area (TPSA) is 77.5 Å². The number of benzene rings is 1. The van der Waals surface area contributed by atoms with Crippen LogP contribution in [0.4, 0.5) is 5.82 Å². The monoisotopic (exact) mass is 334 g/mol. The van der Waals surface area contributed by atoms with Gasteiger partial charge in [0.05, 0.1) is 5.02 Å². The third-order valence-electron chi connectivity index (χ3n) is 2.73. The molecule has 0 radical (unpaired) electrons. The van der Waals surface area contributed by atoms with Gasteiger partial charge in [-0.2, -0.15) is 0 Å². The molecule has 0 saturated carbocycles. The zero-order chi connectivity index (χ0) is 16.7. The Kier molecular flexibility index (Phi) is 5.94. The first kappa shape index (κ1) is 16.8. The largest absolute Gasteiger partial charge is 0.479 e. The van der Waals surface area contributed by atoms with Crippen LogP contribution >= 0.6 is 11.6 Å². The van der Waals surface area contributed by atoms with Crippen LogP contribution in [0, 0.1) is 0 Å². The van der Waals surface area contributed by atoms with Crippen molar-refractivity contribution in [2.75, 3.05) is 11.9 Å². The third-order valence-corrected chi connectivity index (χ3v) is 2.95. The summed E-state index contributed by atoms with van der Waals surface area (Å²) in [6.07, 6.45) is 0.581. The summed E-state index contributed by atoms with van der Waals surface area (Å²) in [5.74, 6) is -0.260. The molecule has 0 aliphatic rings. The number of halogens is 1. The first-order chi connectivity index (χ1) is 11.0. The molecule has 120 valence electrons. The number of carbonyl (C=O) groups excluding carboxylic acids is 2. The molecular weight excluding hydrogens is 320 g/mol. The highest BCUT2D eigenvalue weighted by Crippen LogP contribution is 2.12. The van der Waals surface area contributed by atoms with E-state index >= 15 is 0 Å². The average molecular weight is 335 g/mol. The van der Waals surface area contributed by atoms with Crippen molar-refractivity contribution in [2.24, 2.45) is 0 Å². The summed E-state index contributed by atoms with van der Waals surface area (Å²) >= 11 is 5.69. The number of ether oxygens (including phenoxy) is 2. The van der Waals surface area contributed by atoms with E-state index in [0.717, 1.165) is 0 Å². The number of aromatic nitrogens is 1. The quantitative estimate of drug-likeness (QED) is 0.822. The molecule has 2 aromatic rings. The lowest BCUT2D eigenvalue weighted by Gasteiger charge is -2.13. The molecule has 0 aliphatic heterocycles. The Morgan fingerprint density at radius 2 is 1.96 bits per heavy atom. The molecule has 0 saturated heterocycles. The second-order valence-corrected chi connectivity index (χ2v) is 5.03. The fourth-order valence-electron chi connectivity index (χ4n) is 1.63. The second kappa shape index (κ2) is 8.14. The SMILES string of the molecule is CC(Oc1ccccc1)C(=O)OCC(=O)Nc1ccc(Cl)cn1. The van der Waals surface area contributed by atoms with Crippen molar-refractivity contribution in [3.05, 3.63) is 53.7 Å². The number of hydrogen-bond acceptors (Lipinski definition) is 5. The average Bonchev–Trinajstić information content (AvgIpc) is 2.55. The van der Waals surface area contributed by atoms with Crippen LogP contribution in [0.2, 0.25) is 5.02 Å². The molecule has 1 amide bonds. The molecule has 23 heavy (non-hydrogen) atoms. The number of pyridine rings is 1. The summed E-state index contributed by atoms with van der Waals surface area (Å²) in [5, 5.41) is 2.95. The smallest absolute Gasteiger partial charge is 0.347 e. The maximum atomic E-state index is 11.8. The molecule has 0 aliphatic carbocycles. The molecule has 2 rings (SSSR count). The molecule has 1 aromatic heterocycles. The van der Waals surface area contributed by atoms with Crippen molar-refractivity contribution in [1.29, 1.82) is 0 Å². The van der Waals surface area contributed by atoms with E-state index in [1.54, 1.807) is 43.3 Å². The highest BCUT2D eigenvalue weighted by Gasteiger charge is 2.17. The number of carbonyl (C=O) groups is 2. The van der Waals surface area contributed by atoms with Crippen LogP contribution in [0.1, 0.15) is 6.92 Å². The Morgan fingerprint density at radius 3 is 2.61 bits per heavy atom. The maximum absolute atomic E-state index is 11.8. The van der Waals surface area contributed by atoms with Gasteiger partial charge in [-0.15, -0.1) is 0 Å². The number of anilines is 1. The minimum atomic E-state index is -0.821. The highest BCUT2D eigenvalue weighted by atomic mass is 35.5. The Labute approximate surface area is 138 Å². The number of esters is 1. The summed E-state index contributed by atoms with van der Waals surface area (Å²) < 4.78 is 10.3. The van der Waals surface area contributed by atoms with Crippen molar-refractivity contribution in [3.63, 3.8) is 0 Å². The second-order valence-electron chi connectivity index (χ2n) is 4.59. The Bertz CT molecular complexity index is 662. The van der Waals surface area contributed by atoms with Crippen LogP contribution in [0.3, 0.4) is 0 Å². The van der Waals surface area contributed by atoms with E-state index in [1.165, 1.54) is 6.20 Å². The van der Waals surface area contributed by atoms with Crippen LogP contribution in [0.5, 0.6) is 5.75 Å². The number of para-hydroxylation sites is 1. The van der Waals surface area contributed by atoms with Crippen LogP contribution < -0.4 is 10.1 Å². The summed E-state index contributed by atoms with van der Waals surface area (Å²) in [4.78, 5) is 27.4. The molecule has 6 nitrogen and oxygen atoms in total. The van der Waals surface area contributed by atoms with E-state index in [0.29, 0.717) is 16.6 Å². The third kappa shape index (κ3) is 5.60. The van der Waals surface area contributed by atoms with Gasteiger partial charge in [0.15, 0.2) is 12.7 Å². The van der Waals surface area contributed by atoms with Gasteiger partial charge < -0.3 is 14.8 Å². The van der Waals surface area contributed by atoms with Gasteiger partial charge in [-0.05, 0) is 31.2 Å². The lowest BCUT2D eigenvalue weighted by Crippen LogP contribution is -2.29. The van der Waals surface area contributed by atoms with E-state index < -0.39 is 24.6 Å². The molecular formula is C16H15ClN2O4. The molecule has 1 N–H and O–H groups in total. The molecule has 1 heterocycles. The standard InChI is InChI=1S/C16H15ClN2O4/c1-11(23-13-5-3-2-4-6-13)16(21)22-10-15(20)19-14-8-7-12(17)9-18-14/h2-9,11H,10H2,1H3,(H,18,19,20). The van der Waals surface area contributed by atoms with E-state index in [4.69, 9.17) is 21.1 Å². The van der Waals surface area contributed by atoms with Gasteiger partial charge in [0.1, 0.15) is 11.6 Å². The van der Waals surface area contributed by atoms with E-state index in [9.17, 15) is 9.59 Å². The number of amides is 1. The van der Waals surface area contributed by atoms with Crippen molar-refractivity contribution in [2.45, 2.75) is 13.0 Å². The van der Waals surface area contributed by atoms with Crippen LogP contribution in [0.25, 0.3) is 0 Å². The van der Waals surface area contributed by atoms with Gasteiger partial charge in [0.25, 0.3) is 5.91 Å². The minimum absolute atomic E-state index is 0.323. The molecule has 7 heteroatoms. The van der Waals surface area contributed by atoms with Crippen molar-refractivity contribution in [3.8, 4) is 5.75 Å². The number of nitrogens with one attached hydrogen (secondary N) is 1. The minimum Gasteiger partial charge on any atom is -0.479 e. The Hall–Kier alpha value is -2.60. The van der Waals surface area contributed by atoms with Gasteiger partial charge in [0.2, 0.25) is 0 Å². The maximum Gasteiger partial charge on any atom is 0.347 e. The van der Waals surface area contributed by atoms with Gasteiger partial charge in [-0.1, -0.05) is 29.8 Å². The van der Waals surface area contributed by atoms with Crippen LogP contribution in [-0.4, -0.2) is 29.6 Å². The van der Waals surface area contributed by atoms with Crippen LogP contribution in [-0.2, 0) is 14.3 Å². The van der Waals surface area contributed by atoms with E-state index in [2.05, 4.69) is 10.3 Å². The summed E-state index contributed by atoms with van der Waals surface area (Å²) in [7, 11) is 0. The van der Waals surface area contributed by atoms with Crippen LogP contribution in [0.15, 0.2) is 48.7 Å². The van der Waals surface area contributed by atoms with E-state index in [1.807, 2.05) is 6.07 Å². The molecule has 0 fully saturated rings. The summed E-state index contributed by atoms with van der Waals surface area (Å²) in [5.41, 5.74) is 0. The van der Waals surface area contributed by atoms with Gasteiger partial charge in [0, 0.05) is 6.20 Å². The first-order valence-electron chi connectivity index (χ1n) is 6.84. The molecule has 1 atom stereocenters. The summed E-state index contributed by atoms with van der Waals surface area (Å²) in [6, 6.07) is 12.0. The zero-order valence-corrected chi connectivity index (χ0v) is 13.1. The van der Waals surface area contributed by atoms with Crippen molar-refractivity contribution >= 4 is 29.3 Å². The molecule has 1 unspecified atom stereocenters. The number of nitrogens with zero attached hydrogens (tertiary/aromatic N) is 1. The molecule has 0 bridgehead atoms. The van der Waals surface area contributed by atoms with Crippen molar-refractivity contribution in [1.82, 2.24) is 4.98 Å². The van der Waals surface area contributed by atoms with E-state index in [-0.39, 0.29) is 0 Å². The van der Waals surface area contributed by atoms with Gasteiger partial charge in [-0.3, -0.25) is 4.79 Å². The lowest BCUT2D eigenvalue weighted by atomic mass is 10.3. The van der Waals surface area contributed by atoms with Gasteiger partial charge in [-0.25, -0.2) is 9.78 Å². The first-order valence-corrected chi connectivity index (χ1v) is 7.22. The fourth-order valence-corrected chi connectivity index (χ4v) is 1.75. The van der Waals surface area contributed by atoms with Gasteiger partial charge >= 0.3 is 5.97 Å². The summed E-state index contributed by atoms with van der Waals surface area (Å²) in [6.45, 7) is 1.12. The molecule has 1 aromatic carbocycles. The Morgan fingerprint density at radius 1 is 1.22 bits per heavy atom.